The average molecular weight is 324 g/mol. The second kappa shape index (κ2) is 6.87. The maximum Gasteiger partial charge on any atom is 0.419 e. The Hall–Kier alpha value is -3.28. The van der Waals surface area contributed by atoms with Gasteiger partial charge in [0.05, 0.1) is 13.3 Å². The van der Waals surface area contributed by atoms with Crippen molar-refractivity contribution in [2.24, 2.45) is 0 Å². The fraction of sp³-hybridized carbons (Fsp3) is 0.111. The molecule has 1 aromatic heterocycles. The minimum Gasteiger partial charge on any atom is -0.497 e. The van der Waals surface area contributed by atoms with Gasteiger partial charge in [-0.3, -0.25) is 9.36 Å². The minimum atomic E-state index is -0.574. The van der Waals surface area contributed by atoms with Gasteiger partial charge < -0.3 is 14.5 Å². The van der Waals surface area contributed by atoms with E-state index in [-0.39, 0.29) is 12.5 Å². The number of ether oxygens (including phenoxy) is 1. The fourth-order valence-corrected chi connectivity index (χ4v) is 2.28. The number of hydrogen-bond donors (Lipinski definition) is 1. The van der Waals surface area contributed by atoms with Crippen molar-refractivity contribution in [3.05, 3.63) is 71.3 Å². The van der Waals surface area contributed by atoms with Crippen molar-refractivity contribution in [1.82, 2.24) is 4.57 Å². The van der Waals surface area contributed by atoms with Gasteiger partial charge in [0.2, 0.25) is 5.91 Å². The van der Waals surface area contributed by atoms with Crippen LogP contribution in [0.2, 0.25) is 0 Å². The van der Waals surface area contributed by atoms with E-state index in [4.69, 9.17) is 9.15 Å². The first kappa shape index (κ1) is 15.6. The number of rotatable bonds is 5. The lowest BCUT2D eigenvalue weighted by atomic mass is 10.2. The number of benzene rings is 2. The molecule has 0 spiro atoms. The number of nitrogens with zero attached hydrogens (tertiary/aromatic N) is 1. The summed E-state index contributed by atoms with van der Waals surface area (Å²) in [6.07, 6.45) is 1.53. The van der Waals surface area contributed by atoms with Gasteiger partial charge >= 0.3 is 5.76 Å². The third kappa shape index (κ3) is 3.55. The Balaban J connectivity index is 1.73. The Morgan fingerprint density at radius 3 is 2.71 bits per heavy atom. The van der Waals surface area contributed by atoms with Gasteiger partial charge in [-0.2, -0.15) is 0 Å². The highest BCUT2D eigenvalue weighted by Crippen LogP contribution is 2.18. The Kier molecular flexibility index (Phi) is 4.47. The molecule has 1 amide bonds. The van der Waals surface area contributed by atoms with Crippen molar-refractivity contribution in [3.63, 3.8) is 0 Å². The zero-order valence-corrected chi connectivity index (χ0v) is 13.1. The number of methoxy groups -OCH3 is 1. The molecule has 2 aromatic carbocycles. The van der Waals surface area contributed by atoms with Crippen molar-refractivity contribution in [1.29, 1.82) is 0 Å². The maximum atomic E-state index is 12.1. The molecule has 122 valence electrons. The predicted octanol–water partition coefficient (Wildman–Crippen LogP) is 2.76. The predicted molar refractivity (Wildman–Crippen MR) is 90.0 cm³/mol. The van der Waals surface area contributed by atoms with Gasteiger partial charge in [0.1, 0.15) is 12.3 Å². The van der Waals surface area contributed by atoms with Crippen molar-refractivity contribution >= 4 is 11.6 Å². The third-order valence-electron chi connectivity index (χ3n) is 3.43. The van der Waals surface area contributed by atoms with Gasteiger partial charge in [0.25, 0.3) is 0 Å². The molecule has 0 aliphatic carbocycles. The summed E-state index contributed by atoms with van der Waals surface area (Å²) in [5.74, 6) is 0.162. The summed E-state index contributed by atoms with van der Waals surface area (Å²) in [4.78, 5) is 24.0. The van der Waals surface area contributed by atoms with Gasteiger partial charge in [-0.05, 0) is 12.1 Å². The zero-order valence-electron chi connectivity index (χ0n) is 13.1. The molecular weight excluding hydrogens is 308 g/mol. The molecule has 0 saturated carbocycles. The molecule has 1 N–H and O–H groups in total. The molecule has 0 fully saturated rings. The topological polar surface area (TPSA) is 73.5 Å². The van der Waals surface area contributed by atoms with Gasteiger partial charge in [-0.25, -0.2) is 4.79 Å². The number of nitrogens with one attached hydrogen (secondary N) is 1. The van der Waals surface area contributed by atoms with Crippen molar-refractivity contribution in [3.8, 4) is 17.1 Å². The second-order valence-electron chi connectivity index (χ2n) is 5.14. The lowest BCUT2D eigenvalue weighted by Crippen LogP contribution is -2.24. The van der Waals surface area contributed by atoms with E-state index in [0.717, 1.165) is 5.56 Å². The van der Waals surface area contributed by atoms with Crippen molar-refractivity contribution in [2.75, 3.05) is 12.4 Å². The lowest BCUT2D eigenvalue weighted by Gasteiger charge is -2.06. The normalized spacial score (nSPS) is 10.4. The van der Waals surface area contributed by atoms with E-state index in [2.05, 4.69) is 5.32 Å². The van der Waals surface area contributed by atoms with E-state index in [1.54, 1.807) is 31.4 Å². The van der Waals surface area contributed by atoms with Crippen LogP contribution in [-0.4, -0.2) is 17.6 Å². The van der Waals surface area contributed by atoms with Crippen LogP contribution in [0.4, 0.5) is 5.69 Å². The van der Waals surface area contributed by atoms with Gasteiger partial charge in [-0.15, -0.1) is 0 Å². The molecule has 0 radical (unpaired) electrons. The van der Waals surface area contributed by atoms with Gasteiger partial charge in [0, 0.05) is 17.3 Å². The molecule has 0 aliphatic heterocycles. The molecule has 6 nitrogen and oxygen atoms in total. The summed E-state index contributed by atoms with van der Waals surface area (Å²) in [7, 11) is 1.55. The molecule has 24 heavy (non-hydrogen) atoms. The molecule has 0 atom stereocenters. The molecule has 0 aliphatic rings. The number of carbonyl (C=O) groups is 1. The highest BCUT2D eigenvalue weighted by Gasteiger charge is 2.11. The van der Waals surface area contributed by atoms with E-state index < -0.39 is 5.76 Å². The Morgan fingerprint density at radius 2 is 1.96 bits per heavy atom. The molecule has 1 heterocycles. The van der Waals surface area contributed by atoms with E-state index in [1.165, 1.54) is 10.8 Å². The van der Waals surface area contributed by atoms with Crippen molar-refractivity contribution in [2.45, 2.75) is 6.54 Å². The number of amides is 1. The SMILES string of the molecule is COc1cccc(NC(=O)Cn2cc(-c3ccccc3)oc2=O)c1. The summed E-state index contributed by atoms with van der Waals surface area (Å²) in [5.41, 5.74) is 1.38. The van der Waals surface area contributed by atoms with Crippen molar-refractivity contribution < 1.29 is 13.9 Å². The Bertz CT molecular complexity index is 897. The molecule has 0 bridgehead atoms. The highest BCUT2D eigenvalue weighted by atomic mass is 16.5. The number of oxazole rings is 1. The quantitative estimate of drug-likeness (QED) is 0.783. The number of aromatic nitrogens is 1. The van der Waals surface area contributed by atoms with Crippen LogP contribution in [0.15, 0.2) is 70.0 Å². The first-order chi connectivity index (χ1) is 11.7. The third-order valence-corrected chi connectivity index (χ3v) is 3.43. The summed E-state index contributed by atoms with van der Waals surface area (Å²) >= 11 is 0. The van der Waals surface area contributed by atoms with E-state index >= 15 is 0 Å². The molecule has 0 unspecified atom stereocenters. The monoisotopic (exact) mass is 324 g/mol. The smallest absolute Gasteiger partial charge is 0.419 e. The summed E-state index contributed by atoms with van der Waals surface area (Å²) in [5, 5.41) is 2.72. The Morgan fingerprint density at radius 1 is 1.17 bits per heavy atom. The maximum absolute atomic E-state index is 12.1. The van der Waals surface area contributed by atoms with Crippen LogP contribution < -0.4 is 15.8 Å². The first-order valence-electron chi connectivity index (χ1n) is 7.35. The lowest BCUT2D eigenvalue weighted by molar-refractivity contribution is -0.116. The number of anilines is 1. The van der Waals surface area contributed by atoms with E-state index in [1.807, 2.05) is 30.3 Å². The Labute approximate surface area is 138 Å². The van der Waals surface area contributed by atoms with Crippen LogP contribution in [0.5, 0.6) is 5.75 Å². The van der Waals surface area contributed by atoms with E-state index in [0.29, 0.717) is 17.2 Å². The minimum absolute atomic E-state index is 0.133. The standard InChI is InChI=1S/C18H16N2O4/c1-23-15-9-5-8-14(10-15)19-17(21)12-20-11-16(24-18(20)22)13-6-3-2-4-7-13/h2-11H,12H2,1H3,(H,19,21). The molecule has 6 heteroatoms. The largest absolute Gasteiger partial charge is 0.497 e. The molecular formula is C18H16N2O4. The highest BCUT2D eigenvalue weighted by molar-refractivity contribution is 5.90. The summed E-state index contributed by atoms with van der Waals surface area (Å²) in [6, 6.07) is 16.2. The average Bonchev–Trinajstić information content (AvgIpc) is 2.96. The molecule has 3 aromatic rings. The van der Waals surface area contributed by atoms with Crippen LogP contribution in [0, 0.1) is 0 Å². The molecule has 0 saturated heterocycles. The molecule has 3 rings (SSSR count). The van der Waals surface area contributed by atoms with Crippen LogP contribution in [0.25, 0.3) is 11.3 Å². The summed E-state index contributed by atoms with van der Waals surface area (Å²) < 4.78 is 11.5. The number of carbonyl (C=O) groups excluding carboxylic acids is 1. The zero-order chi connectivity index (χ0) is 16.9. The van der Waals surface area contributed by atoms with Crippen LogP contribution in [0.3, 0.4) is 0 Å². The van der Waals surface area contributed by atoms with Crippen LogP contribution in [0.1, 0.15) is 0 Å². The second-order valence-corrected chi connectivity index (χ2v) is 5.14. The van der Waals surface area contributed by atoms with Gasteiger partial charge in [-0.1, -0.05) is 36.4 Å². The van der Waals surface area contributed by atoms with Gasteiger partial charge in [0.15, 0.2) is 5.76 Å². The summed E-state index contributed by atoms with van der Waals surface area (Å²) in [6.45, 7) is -0.133. The van der Waals surface area contributed by atoms with Crippen LogP contribution >= 0.6 is 0 Å². The van der Waals surface area contributed by atoms with Crippen LogP contribution in [-0.2, 0) is 11.3 Å². The van der Waals surface area contributed by atoms with E-state index in [9.17, 15) is 9.59 Å². The number of hydrogen-bond acceptors (Lipinski definition) is 4. The first-order valence-corrected chi connectivity index (χ1v) is 7.35. The fourth-order valence-electron chi connectivity index (χ4n) is 2.28.